The highest BCUT2D eigenvalue weighted by atomic mass is 32.2. The number of fused-ring (bicyclic) bond motifs is 1. The zero-order valence-corrected chi connectivity index (χ0v) is 17.2. The van der Waals surface area contributed by atoms with Crippen molar-refractivity contribution < 1.29 is 13.2 Å². The lowest BCUT2D eigenvalue weighted by molar-refractivity contribution is -0.121. The third kappa shape index (κ3) is 5.13. The van der Waals surface area contributed by atoms with E-state index < -0.39 is 10.0 Å². The number of amides is 1. The van der Waals surface area contributed by atoms with Crippen LogP contribution in [-0.4, -0.2) is 44.5 Å². The maximum absolute atomic E-state index is 12.8. The van der Waals surface area contributed by atoms with E-state index in [0.29, 0.717) is 6.54 Å². The van der Waals surface area contributed by atoms with Crippen molar-refractivity contribution in [2.45, 2.75) is 9.79 Å². The molecule has 0 bridgehead atoms. The lowest BCUT2D eigenvalue weighted by Gasteiger charge is -2.17. The van der Waals surface area contributed by atoms with Gasteiger partial charge in [-0.25, -0.2) is 8.42 Å². The van der Waals surface area contributed by atoms with Crippen LogP contribution in [0.25, 0.3) is 10.8 Å². The first-order valence-electron chi connectivity index (χ1n) is 8.86. The fourth-order valence-corrected chi connectivity index (χ4v) is 4.68. The predicted molar refractivity (Wildman–Crippen MR) is 114 cm³/mol. The van der Waals surface area contributed by atoms with Gasteiger partial charge >= 0.3 is 0 Å². The summed E-state index contributed by atoms with van der Waals surface area (Å²) in [6.07, 6.45) is 0. The number of benzene rings is 3. The van der Waals surface area contributed by atoms with Crippen LogP contribution in [0.4, 0.5) is 0 Å². The quantitative estimate of drug-likeness (QED) is 0.453. The van der Waals surface area contributed by atoms with Crippen molar-refractivity contribution in [3.63, 3.8) is 0 Å². The van der Waals surface area contributed by atoms with Crippen molar-refractivity contribution in [2.75, 3.05) is 25.9 Å². The number of nitrogens with one attached hydrogen (secondary N) is 1. The van der Waals surface area contributed by atoms with Crippen LogP contribution < -0.4 is 5.32 Å². The number of rotatable bonds is 8. The Morgan fingerprint density at radius 1 is 0.964 bits per heavy atom. The molecule has 0 aromatic heterocycles. The second-order valence-corrected chi connectivity index (χ2v) is 9.49. The second kappa shape index (κ2) is 9.23. The summed E-state index contributed by atoms with van der Waals surface area (Å²) >= 11 is 1.64. The van der Waals surface area contributed by atoms with Crippen LogP contribution in [0.15, 0.2) is 82.6 Å². The lowest BCUT2D eigenvalue weighted by atomic mass is 10.1. The van der Waals surface area contributed by atoms with Gasteiger partial charge in [0.1, 0.15) is 0 Å². The van der Waals surface area contributed by atoms with E-state index in [1.807, 2.05) is 54.6 Å². The Hall–Kier alpha value is -2.35. The summed E-state index contributed by atoms with van der Waals surface area (Å²) in [6.45, 7) is 0.257. The first-order valence-corrected chi connectivity index (χ1v) is 11.3. The van der Waals surface area contributed by atoms with Crippen molar-refractivity contribution >= 4 is 38.5 Å². The molecule has 5 nitrogen and oxygen atoms in total. The molecule has 0 aliphatic rings. The summed E-state index contributed by atoms with van der Waals surface area (Å²) in [7, 11) is -2.31. The molecule has 0 radical (unpaired) electrons. The van der Waals surface area contributed by atoms with E-state index >= 15 is 0 Å². The summed E-state index contributed by atoms with van der Waals surface area (Å²) in [4.78, 5) is 13.4. The number of hydrogen-bond acceptors (Lipinski definition) is 4. The summed E-state index contributed by atoms with van der Waals surface area (Å²) in [5.74, 6) is 0.400. The van der Waals surface area contributed by atoms with Gasteiger partial charge in [-0.1, -0.05) is 48.5 Å². The van der Waals surface area contributed by atoms with E-state index in [1.165, 1.54) is 7.05 Å². The molecule has 0 fully saturated rings. The molecule has 3 aromatic carbocycles. The van der Waals surface area contributed by atoms with Crippen LogP contribution >= 0.6 is 11.8 Å². The minimum absolute atomic E-state index is 0.182. The Morgan fingerprint density at radius 2 is 1.64 bits per heavy atom. The molecule has 7 heteroatoms. The Balaban J connectivity index is 1.54. The summed E-state index contributed by atoms with van der Waals surface area (Å²) in [6, 6.07) is 22.5. The van der Waals surface area contributed by atoms with Gasteiger partial charge in [-0.3, -0.25) is 4.79 Å². The van der Waals surface area contributed by atoms with Crippen LogP contribution in [0.2, 0.25) is 0 Å². The van der Waals surface area contributed by atoms with Gasteiger partial charge in [0.15, 0.2) is 0 Å². The molecule has 0 heterocycles. The molecule has 0 atom stereocenters. The zero-order valence-electron chi connectivity index (χ0n) is 15.5. The fraction of sp³-hybridized carbons (Fsp3) is 0.190. The van der Waals surface area contributed by atoms with E-state index in [2.05, 4.69) is 5.32 Å². The van der Waals surface area contributed by atoms with E-state index in [-0.39, 0.29) is 17.3 Å². The normalized spacial score (nSPS) is 11.6. The number of likely N-dealkylation sites (N-methyl/N-ethyl adjacent to an activating group) is 1. The Kier molecular flexibility index (Phi) is 6.72. The first-order chi connectivity index (χ1) is 13.5. The predicted octanol–water partition coefficient (Wildman–Crippen LogP) is 3.37. The van der Waals surface area contributed by atoms with Gasteiger partial charge in [-0.2, -0.15) is 4.31 Å². The van der Waals surface area contributed by atoms with E-state index in [9.17, 15) is 13.2 Å². The zero-order chi connectivity index (χ0) is 20.0. The third-order valence-electron chi connectivity index (χ3n) is 4.23. The molecule has 0 aliphatic carbocycles. The first kappa shape index (κ1) is 20.4. The number of thioether (sulfide) groups is 1. The van der Waals surface area contributed by atoms with Gasteiger partial charge in [-0.15, -0.1) is 11.8 Å². The topological polar surface area (TPSA) is 66.5 Å². The molecule has 3 rings (SSSR count). The molecular formula is C21H22N2O3S2. The molecule has 0 spiro atoms. The molecule has 1 N–H and O–H groups in total. The number of nitrogens with zero attached hydrogens (tertiary/aromatic N) is 1. The summed E-state index contributed by atoms with van der Waals surface area (Å²) < 4.78 is 26.6. The minimum Gasteiger partial charge on any atom is -0.354 e. The van der Waals surface area contributed by atoms with Crippen LogP contribution in [-0.2, 0) is 14.8 Å². The molecule has 0 saturated heterocycles. The molecule has 0 saturated carbocycles. The molecular weight excluding hydrogens is 392 g/mol. The van der Waals surface area contributed by atoms with Crippen LogP contribution in [0.3, 0.4) is 0 Å². The Bertz CT molecular complexity index is 1050. The Morgan fingerprint density at radius 3 is 2.39 bits per heavy atom. The van der Waals surface area contributed by atoms with Gasteiger partial charge in [0.2, 0.25) is 15.9 Å². The molecule has 1 amide bonds. The van der Waals surface area contributed by atoms with Crippen molar-refractivity contribution in [1.29, 1.82) is 0 Å². The van der Waals surface area contributed by atoms with Crippen molar-refractivity contribution in [3.8, 4) is 0 Å². The highest BCUT2D eigenvalue weighted by molar-refractivity contribution is 7.99. The average molecular weight is 415 g/mol. The maximum Gasteiger partial charge on any atom is 0.243 e. The highest BCUT2D eigenvalue weighted by Crippen LogP contribution is 2.21. The van der Waals surface area contributed by atoms with Crippen LogP contribution in [0, 0.1) is 0 Å². The van der Waals surface area contributed by atoms with Crippen molar-refractivity contribution in [2.24, 2.45) is 0 Å². The van der Waals surface area contributed by atoms with Crippen LogP contribution in [0.1, 0.15) is 0 Å². The van der Waals surface area contributed by atoms with Crippen LogP contribution in [0.5, 0.6) is 0 Å². The Labute approximate surface area is 169 Å². The summed E-state index contributed by atoms with van der Waals surface area (Å²) in [5, 5.41) is 4.59. The van der Waals surface area contributed by atoms with Gasteiger partial charge in [0.05, 0.1) is 11.4 Å². The molecule has 146 valence electrons. The standard InChI is InChI=1S/C21H22N2O3S2/c1-23(16-21(24)22-13-14-27-19-9-3-2-4-10-19)28(25,26)20-12-11-17-7-5-6-8-18(17)15-20/h2-12,15H,13-14,16H2,1H3,(H,22,24). The number of carbonyl (C=O) groups excluding carboxylic acids is 1. The van der Waals surface area contributed by atoms with Crippen molar-refractivity contribution in [1.82, 2.24) is 9.62 Å². The largest absolute Gasteiger partial charge is 0.354 e. The molecule has 0 unspecified atom stereocenters. The van der Waals surface area contributed by atoms with E-state index in [1.54, 1.807) is 30.0 Å². The van der Waals surface area contributed by atoms with E-state index in [4.69, 9.17) is 0 Å². The molecule has 3 aromatic rings. The van der Waals surface area contributed by atoms with Gasteiger partial charge in [0.25, 0.3) is 0 Å². The number of carbonyl (C=O) groups is 1. The van der Waals surface area contributed by atoms with Gasteiger partial charge in [0, 0.05) is 24.2 Å². The minimum atomic E-state index is -3.73. The molecule has 0 aliphatic heterocycles. The number of hydrogen-bond donors (Lipinski definition) is 1. The smallest absolute Gasteiger partial charge is 0.243 e. The SMILES string of the molecule is CN(CC(=O)NCCSc1ccccc1)S(=O)(=O)c1ccc2ccccc2c1. The second-order valence-electron chi connectivity index (χ2n) is 6.28. The fourth-order valence-electron chi connectivity index (χ4n) is 2.73. The van der Waals surface area contributed by atoms with E-state index in [0.717, 1.165) is 25.7 Å². The lowest BCUT2D eigenvalue weighted by Crippen LogP contribution is -2.39. The van der Waals surface area contributed by atoms with Crippen molar-refractivity contribution in [3.05, 3.63) is 72.8 Å². The number of sulfonamides is 1. The third-order valence-corrected chi connectivity index (χ3v) is 7.04. The van der Waals surface area contributed by atoms with Gasteiger partial charge < -0.3 is 5.32 Å². The molecule has 28 heavy (non-hydrogen) atoms. The maximum atomic E-state index is 12.8. The summed E-state index contributed by atoms with van der Waals surface area (Å²) in [5.41, 5.74) is 0. The monoisotopic (exact) mass is 414 g/mol. The average Bonchev–Trinajstić information content (AvgIpc) is 2.71. The van der Waals surface area contributed by atoms with Gasteiger partial charge in [-0.05, 0) is 35.0 Å². The highest BCUT2D eigenvalue weighted by Gasteiger charge is 2.23.